The predicted molar refractivity (Wildman–Crippen MR) is 95.6 cm³/mol. The molecule has 0 fully saturated rings. The van der Waals surface area contributed by atoms with Crippen molar-refractivity contribution in [2.75, 3.05) is 0 Å². The van der Waals surface area contributed by atoms with E-state index in [-0.39, 0.29) is 12.1 Å². The molecule has 3 aromatic rings. The van der Waals surface area contributed by atoms with Crippen LogP contribution in [0.5, 0.6) is 0 Å². The van der Waals surface area contributed by atoms with E-state index in [0.29, 0.717) is 4.90 Å². The molecule has 3 rings (SSSR count). The Balaban J connectivity index is 2.03. The minimum atomic E-state index is -1.07. The van der Waals surface area contributed by atoms with Crippen molar-refractivity contribution in [2.24, 2.45) is 5.73 Å². The van der Waals surface area contributed by atoms with Gasteiger partial charge in [-0.15, -0.1) is 0 Å². The summed E-state index contributed by atoms with van der Waals surface area (Å²) in [4.78, 5) is 22.3. The molecule has 128 valence electrons. The Bertz CT molecular complexity index is 954. The van der Waals surface area contributed by atoms with Gasteiger partial charge in [-0.3, -0.25) is 18.9 Å². The van der Waals surface area contributed by atoms with Crippen LogP contribution in [0, 0.1) is 10.1 Å². The van der Waals surface area contributed by atoms with E-state index in [4.69, 9.17) is 10.8 Å². The third-order valence-electron chi connectivity index (χ3n) is 3.78. The van der Waals surface area contributed by atoms with Crippen molar-refractivity contribution in [2.45, 2.75) is 17.4 Å². The molecule has 0 aliphatic carbocycles. The number of carboxylic acid groups (broad SMARTS) is 1. The van der Waals surface area contributed by atoms with E-state index < -0.39 is 16.9 Å². The standard InChI is InChI=1S/C17H15N3O4S/c18-13(17(21)22)9-11-10-19(14-6-2-1-5-12(11)14)25-16-8-4-3-7-15(16)20(23)24/h1-8,10,13H,9,18H2,(H,21,22). The van der Waals surface area contributed by atoms with Crippen molar-refractivity contribution in [3.05, 3.63) is 70.4 Å². The number of fused-ring (bicyclic) bond motifs is 1. The van der Waals surface area contributed by atoms with Gasteiger partial charge in [-0.1, -0.05) is 30.3 Å². The van der Waals surface area contributed by atoms with Crippen LogP contribution >= 0.6 is 11.9 Å². The zero-order valence-corrected chi connectivity index (χ0v) is 13.8. The molecule has 8 heteroatoms. The lowest BCUT2D eigenvalue weighted by atomic mass is 10.1. The number of hydrogen-bond acceptors (Lipinski definition) is 5. The van der Waals surface area contributed by atoms with Gasteiger partial charge in [0.1, 0.15) is 10.9 Å². The van der Waals surface area contributed by atoms with Crippen LogP contribution in [0.15, 0.2) is 59.6 Å². The molecule has 0 saturated heterocycles. The molecule has 7 nitrogen and oxygen atoms in total. The molecule has 1 atom stereocenters. The second kappa shape index (κ2) is 6.96. The summed E-state index contributed by atoms with van der Waals surface area (Å²) in [7, 11) is 0. The molecule has 1 heterocycles. The fourth-order valence-corrected chi connectivity index (χ4v) is 3.60. The van der Waals surface area contributed by atoms with Crippen LogP contribution in [-0.2, 0) is 11.2 Å². The number of aromatic nitrogens is 1. The molecule has 0 aliphatic heterocycles. The Hall–Kier alpha value is -2.84. The fraction of sp³-hybridized carbons (Fsp3) is 0.118. The average Bonchev–Trinajstić information content (AvgIpc) is 2.93. The van der Waals surface area contributed by atoms with Crippen LogP contribution in [0.2, 0.25) is 0 Å². The van der Waals surface area contributed by atoms with E-state index in [9.17, 15) is 14.9 Å². The highest BCUT2D eigenvalue weighted by atomic mass is 32.2. The first kappa shape index (κ1) is 17.0. The number of carboxylic acids is 1. The molecule has 0 aliphatic rings. The van der Waals surface area contributed by atoms with Gasteiger partial charge in [0.05, 0.1) is 10.4 Å². The Kier molecular flexibility index (Phi) is 4.73. The van der Waals surface area contributed by atoms with E-state index in [0.717, 1.165) is 16.5 Å². The summed E-state index contributed by atoms with van der Waals surface area (Å²) in [5.41, 5.74) is 7.32. The molecular formula is C17H15N3O4S. The highest BCUT2D eigenvalue weighted by Crippen LogP contribution is 2.34. The van der Waals surface area contributed by atoms with Crippen molar-refractivity contribution in [3.8, 4) is 0 Å². The highest BCUT2D eigenvalue weighted by molar-refractivity contribution is 7.98. The van der Waals surface area contributed by atoms with Crippen molar-refractivity contribution >= 4 is 34.5 Å². The van der Waals surface area contributed by atoms with Gasteiger partial charge in [0.25, 0.3) is 5.69 Å². The number of hydrogen-bond donors (Lipinski definition) is 2. The smallest absolute Gasteiger partial charge is 0.320 e. The van der Waals surface area contributed by atoms with Crippen LogP contribution in [0.4, 0.5) is 5.69 Å². The van der Waals surface area contributed by atoms with Crippen molar-refractivity contribution in [1.82, 2.24) is 3.97 Å². The minimum Gasteiger partial charge on any atom is -0.480 e. The number of nitro benzene ring substituents is 1. The first-order chi connectivity index (χ1) is 12.0. The lowest BCUT2D eigenvalue weighted by molar-refractivity contribution is -0.387. The number of para-hydroxylation sites is 2. The molecule has 0 bridgehead atoms. The maximum absolute atomic E-state index is 11.2. The molecule has 0 saturated carbocycles. The number of nitrogens with zero attached hydrogens (tertiary/aromatic N) is 2. The summed E-state index contributed by atoms with van der Waals surface area (Å²) < 4.78 is 1.81. The molecular weight excluding hydrogens is 342 g/mol. The largest absolute Gasteiger partial charge is 0.480 e. The van der Waals surface area contributed by atoms with E-state index in [1.165, 1.54) is 18.0 Å². The molecule has 2 aromatic carbocycles. The second-order valence-electron chi connectivity index (χ2n) is 5.46. The summed E-state index contributed by atoms with van der Waals surface area (Å²) in [6.07, 6.45) is 1.97. The lowest BCUT2D eigenvalue weighted by Gasteiger charge is -2.05. The zero-order chi connectivity index (χ0) is 18.0. The molecule has 3 N–H and O–H groups in total. The number of carbonyl (C=O) groups is 1. The summed E-state index contributed by atoms with van der Waals surface area (Å²) in [5, 5.41) is 21.1. The first-order valence-electron chi connectivity index (χ1n) is 7.46. The minimum absolute atomic E-state index is 0.0223. The van der Waals surface area contributed by atoms with Gasteiger partial charge in [-0.2, -0.15) is 0 Å². The lowest BCUT2D eigenvalue weighted by Crippen LogP contribution is -2.32. The predicted octanol–water partition coefficient (Wildman–Crippen LogP) is 3.06. The second-order valence-corrected chi connectivity index (χ2v) is 6.48. The summed E-state index contributed by atoms with van der Waals surface area (Å²) in [5.74, 6) is -1.07. The Morgan fingerprint density at radius 3 is 2.64 bits per heavy atom. The molecule has 25 heavy (non-hydrogen) atoms. The maximum Gasteiger partial charge on any atom is 0.320 e. The van der Waals surface area contributed by atoms with Crippen LogP contribution in [0.25, 0.3) is 10.9 Å². The van der Waals surface area contributed by atoms with Crippen LogP contribution in [0.3, 0.4) is 0 Å². The van der Waals surface area contributed by atoms with Crippen LogP contribution in [0.1, 0.15) is 5.56 Å². The Labute approximate surface area is 147 Å². The van der Waals surface area contributed by atoms with Crippen molar-refractivity contribution < 1.29 is 14.8 Å². The quantitative estimate of drug-likeness (QED) is 0.518. The molecule has 0 radical (unpaired) electrons. The maximum atomic E-state index is 11.2. The van der Waals surface area contributed by atoms with Gasteiger partial charge in [0, 0.05) is 24.1 Å². The van der Waals surface area contributed by atoms with E-state index in [1.807, 2.05) is 28.2 Å². The van der Waals surface area contributed by atoms with Gasteiger partial charge in [0.15, 0.2) is 0 Å². The topological polar surface area (TPSA) is 111 Å². The summed E-state index contributed by atoms with van der Waals surface area (Å²) >= 11 is 1.22. The summed E-state index contributed by atoms with van der Waals surface area (Å²) in [6.45, 7) is 0. The molecule has 1 unspecified atom stereocenters. The molecule has 1 aromatic heterocycles. The monoisotopic (exact) mass is 357 g/mol. The number of nitrogens with two attached hydrogens (primary N) is 1. The normalized spacial score (nSPS) is 12.2. The number of benzene rings is 2. The number of nitro groups is 1. The Morgan fingerprint density at radius 1 is 1.24 bits per heavy atom. The van der Waals surface area contributed by atoms with Crippen molar-refractivity contribution in [3.63, 3.8) is 0 Å². The van der Waals surface area contributed by atoms with Gasteiger partial charge in [-0.05, 0) is 29.6 Å². The summed E-state index contributed by atoms with van der Waals surface area (Å²) in [6, 6.07) is 13.0. The fourth-order valence-electron chi connectivity index (χ4n) is 2.57. The van der Waals surface area contributed by atoms with E-state index >= 15 is 0 Å². The molecule has 0 spiro atoms. The molecule has 0 amide bonds. The SMILES string of the molecule is NC(Cc1cn(Sc2ccccc2[N+](=O)[O-])c2ccccc12)C(=O)O. The highest BCUT2D eigenvalue weighted by Gasteiger charge is 2.19. The van der Waals surface area contributed by atoms with Crippen LogP contribution in [-0.4, -0.2) is 26.0 Å². The van der Waals surface area contributed by atoms with Gasteiger partial charge in [0.2, 0.25) is 0 Å². The van der Waals surface area contributed by atoms with Crippen molar-refractivity contribution in [1.29, 1.82) is 0 Å². The average molecular weight is 357 g/mol. The van der Waals surface area contributed by atoms with Gasteiger partial charge < -0.3 is 10.8 Å². The number of aliphatic carboxylic acids is 1. The van der Waals surface area contributed by atoms with E-state index in [2.05, 4.69) is 0 Å². The Morgan fingerprint density at radius 2 is 1.92 bits per heavy atom. The van der Waals surface area contributed by atoms with Crippen LogP contribution < -0.4 is 5.73 Å². The number of rotatable bonds is 6. The third-order valence-corrected chi connectivity index (χ3v) is 4.82. The van der Waals surface area contributed by atoms with Gasteiger partial charge in [-0.25, -0.2) is 0 Å². The van der Waals surface area contributed by atoms with Gasteiger partial charge >= 0.3 is 5.97 Å². The zero-order valence-electron chi connectivity index (χ0n) is 13.0. The third kappa shape index (κ3) is 3.49. The van der Waals surface area contributed by atoms with E-state index in [1.54, 1.807) is 24.4 Å². The first-order valence-corrected chi connectivity index (χ1v) is 8.24.